The van der Waals surface area contributed by atoms with Gasteiger partial charge in [-0.05, 0) is 37.3 Å². The molecule has 0 saturated carbocycles. The minimum Gasteiger partial charge on any atom is -0.466 e. The minimum absolute atomic E-state index is 0.00964. The van der Waals surface area contributed by atoms with E-state index in [0.29, 0.717) is 17.0 Å². The highest BCUT2D eigenvalue weighted by atomic mass is 16.4. The van der Waals surface area contributed by atoms with Crippen LogP contribution in [0.5, 0.6) is 0 Å². The summed E-state index contributed by atoms with van der Waals surface area (Å²) in [5, 5.41) is 24.1. The highest BCUT2D eigenvalue weighted by molar-refractivity contribution is 5.89. The van der Waals surface area contributed by atoms with E-state index in [0.717, 1.165) is 0 Å². The van der Waals surface area contributed by atoms with E-state index in [1.807, 2.05) is 6.07 Å². The van der Waals surface area contributed by atoms with Crippen molar-refractivity contribution in [3.05, 3.63) is 54.0 Å². The van der Waals surface area contributed by atoms with Crippen molar-refractivity contribution < 1.29 is 14.3 Å². The van der Waals surface area contributed by atoms with Crippen LogP contribution in [0.15, 0.2) is 47.1 Å². The summed E-state index contributed by atoms with van der Waals surface area (Å²) in [4.78, 5) is 11.8. The van der Waals surface area contributed by atoms with Gasteiger partial charge in [0, 0.05) is 5.69 Å². The molecule has 0 bridgehead atoms. The highest BCUT2D eigenvalue weighted by Crippen LogP contribution is 2.19. The number of aliphatic hydroxyl groups is 1. The van der Waals surface area contributed by atoms with Crippen LogP contribution in [0.3, 0.4) is 0 Å². The molecule has 108 valence electrons. The maximum Gasteiger partial charge on any atom is 0.319 e. The van der Waals surface area contributed by atoms with Crippen LogP contribution in [0.4, 0.5) is 10.5 Å². The average Bonchev–Trinajstić information content (AvgIpc) is 3.00. The number of urea groups is 1. The first-order chi connectivity index (χ1) is 10.0. The van der Waals surface area contributed by atoms with Gasteiger partial charge in [0.05, 0.1) is 24.4 Å². The molecule has 2 amide bonds. The normalized spacial score (nSPS) is 13.0. The number of furan rings is 1. The van der Waals surface area contributed by atoms with Crippen LogP contribution in [0, 0.1) is 11.3 Å². The molecule has 6 heteroatoms. The number of amides is 2. The molecule has 6 nitrogen and oxygen atoms in total. The number of rotatable bonds is 4. The number of nitrogens with zero attached hydrogens (tertiary/aromatic N) is 1. The molecule has 0 aliphatic heterocycles. The second-order valence-corrected chi connectivity index (χ2v) is 4.75. The first kappa shape index (κ1) is 14.6. The van der Waals surface area contributed by atoms with Crippen molar-refractivity contribution in [1.29, 1.82) is 5.26 Å². The van der Waals surface area contributed by atoms with Crippen molar-refractivity contribution in [2.24, 2.45) is 0 Å². The van der Waals surface area contributed by atoms with Crippen LogP contribution in [-0.2, 0) is 5.60 Å². The van der Waals surface area contributed by atoms with Crippen molar-refractivity contribution in [3.8, 4) is 6.07 Å². The quantitative estimate of drug-likeness (QED) is 0.801. The molecule has 3 N–H and O–H groups in total. The van der Waals surface area contributed by atoms with E-state index in [-0.39, 0.29) is 6.54 Å². The van der Waals surface area contributed by atoms with Gasteiger partial charge in [0.25, 0.3) is 0 Å². The number of carbonyl (C=O) groups is 1. The Kier molecular flexibility index (Phi) is 4.26. The standard InChI is InChI=1S/C15H15N3O3/c1-15(20,13-6-3-7-21-13)10-17-14(19)18-12-5-2-4-11(8-12)9-16/h2-8,20H,10H2,1H3,(H2,17,18,19)/t15-/m0/s1. The number of nitrogens with one attached hydrogen (secondary N) is 2. The fourth-order valence-electron chi connectivity index (χ4n) is 1.77. The fraction of sp³-hybridized carbons (Fsp3) is 0.200. The summed E-state index contributed by atoms with van der Waals surface area (Å²) in [5.74, 6) is 0.370. The maximum absolute atomic E-state index is 11.8. The van der Waals surface area contributed by atoms with Crippen LogP contribution in [0.1, 0.15) is 18.2 Å². The number of benzene rings is 1. The molecule has 0 saturated heterocycles. The van der Waals surface area contributed by atoms with Crippen molar-refractivity contribution in [2.45, 2.75) is 12.5 Å². The minimum atomic E-state index is -1.30. The lowest BCUT2D eigenvalue weighted by atomic mass is 10.0. The Morgan fingerprint density at radius 1 is 1.43 bits per heavy atom. The molecule has 1 atom stereocenters. The van der Waals surface area contributed by atoms with E-state index in [4.69, 9.17) is 9.68 Å². The van der Waals surface area contributed by atoms with E-state index in [1.54, 1.807) is 43.3 Å². The molecule has 0 spiro atoms. The lowest BCUT2D eigenvalue weighted by Crippen LogP contribution is -2.40. The molecule has 1 aromatic carbocycles. The summed E-state index contributed by atoms with van der Waals surface area (Å²) in [6.07, 6.45) is 1.46. The molecule has 0 fully saturated rings. The molecule has 0 aliphatic rings. The zero-order valence-electron chi connectivity index (χ0n) is 11.5. The van der Waals surface area contributed by atoms with Gasteiger partial charge in [-0.2, -0.15) is 5.26 Å². The number of hydrogen-bond donors (Lipinski definition) is 3. The third kappa shape index (κ3) is 3.84. The Hall–Kier alpha value is -2.78. The van der Waals surface area contributed by atoms with Gasteiger partial charge in [-0.15, -0.1) is 0 Å². The summed E-state index contributed by atoms with van der Waals surface area (Å²) in [6, 6.07) is 11.4. The summed E-state index contributed by atoms with van der Waals surface area (Å²) in [6.45, 7) is 1.53. The van der Waals surface area contributed by atoms with E-state index in [9.17, 15) is 9.90 Å². The van der Waals surface area contributed by atoms with Gasteiger partial charge in [0.2, 0.25) is 0 Å². The molecule has 0 radical (unpaired) electrons. The van der Waals surface area contributed by atoms with Gasteiger partial charge in [0.1, 0.15) is 11.4 Å². The molecule has 2 aromatic rings. The van der Waals surface area contributed by atoms with Crippen LogP contribution in [0.25, 0.3) is 0 Å². The largest absolute Gasteiger partial charge is 0.466 e. The van der Waals surface area contributed by atoms with E-state index >= 15 is 0 Å². The topological polar surface area (TPSA) is 98.3 Å². The average molecular weight is 285 g/mol. The summed E-state index contributed by atoms with van der Waals surface area (Å²) >= 11 is 0. The molecule has 0 unspecified atom stereocenters. The van der Waals surface area contributed by atoms with Crippen molar-refractivity contribution in [3.63, 3.8) is 0 Å². The smallest absolute Gasteiger partial charge is 0.319 e. The Bertz CT molecular complexity index is 657. The molecule has 0 aliphatic carbocycles. The van der Waals surface area contributed by atoms with E-state index in [1.165, 1.54) is 6.26 Å². The van der Waals surface area contributed by atoms with E-state index in [2.05, 4.69) is 10.6 Å². The van der Waals surface area contributed by atoms with Gasteiger partial charge in [0.15, 0.2) is 0 Å². The lowest BCUT2D eigenvalue weighted by molar-refractivity contribution is 0.0372. The summed E-state index contributed by atoms with van der Waals surface area (Å²) < 4.78 is 5.12. The predicted octanol–water partition coefficient (Wildman–Crippen LogP) is 2.18. The van der Waals surface area contributed by atoms with Crippen LogP contribution in [-0.4, -0.2) is 17.7 Å². The Morgan fingerprint density at radius 2 is 2.24 bits per heavy atom. The van der Waals surface area contributed by atoms with E-state index < -0.39 is 11.6 Å². The molecule has 1 aromatic heterocycles. The van der Waals surface area contributed by atoms with Gasteiger partial charge in [-0.1, -0.05) is 6.07 Å². The van der Waals surface area contributed by atoms with Crippen LogP contribution in [0.2, 0.25) is 0 Å². The first-order valence-corrected chi connectivity index (χ1v) is 6.32. The molecule has 21 heavy (non-hydrogen) atoms. The Labute approximate surface area is 122 Å². The van der Waals surface area contributed by atoms with Gasteiger partial charge in [-0.3, -0.25) is 0 Å². The third-order valence-electron chi connectivity index (χ3n) is 2.89. The third-order valence-corrected chi connectivity index (χ3v) is 2.89. The zero-order chi connectivity index (χ0) is 15.3. The molecule has 1 heterocycles. The van der Waals surface area contributed by atoms with Crippen molar-refractivity contribution in [2.75, 3.05) is 11.9 Å². The molecular formula is C15H15N3O3. The van der Waals surface area contributed by atoms with Crippen LogP contribution < -0.4 is 10.6 Å². The fourth-order valence-corrected chi connectivity index (χ4v) is 1.77. The summed E-state index contributed by atoms with van der Waals surface area (Å²) in [5.41, 5.74) is -0.338. The van der Waals surface area contributed by atoms with Crippen LogP contribution >= 0.6 is 0 Å². The van der Waals surface area contributed by atoms with Crippen molar-refractivity contribution in [1.82, 2.24) is 5.32 Å². The Morgan fingerprint density at radius 3 is 2.90 bits per heavy atom. The second kappa shape index (κ2) is 6.11. The second-order valence-electron chi connectivity index (χ2n) is 4.75. The van der Waals surface area contributed by atoms with Crippen molar-refractivity contribution >= 4 is 11.7 Å². The monoisotopic (exact) mass is 285 g/mol. The van der Waals surface area contributed by atoms with Gasteiger partial charge >= 0.3 is 6.03 Å². The molecule has 2 rings (SSSR count). The predicted molar refractivity (Wildman–Crippen MR) is 76.5 cm³/mol. The van der Waals surface area contributed by atoms with Gasteiger partial charge in [-0.25, -0.2) is 4.79 Å². The number of carbonyl (C=O) groups excluding carboxylic acids is 1. The number of anilines is 1. The highest BCUT2D eigenvalue weighted by Gasteiger charge is 2.26. The first-order valence-electron chi connectivity index (χ1n) is 6.32. The Balaban J connectivity index is 1.92. The van der Waals surface area contributed by atoms with Gasteiger partial charge < -0.3 is 20.2 Å². The summed E-state index contributed by atoms with van der Waals surface area (Å²) in [7, 11) is 0. The molecular weight excluding hydrogens is 270 g/mol. The maximum atomic E-state index is 11.8. The lowest BCUT2D eigenvalue weighted by Gasteiger charge is -2.21. The SMILES string of the molecule is C[C@](O)(CNC(=O)Nc1cccc(C#N)c1)c1ccco1. The zero-order valence-corrected chi connectivity index (χ0v) is 11.5. The number of nitriles is 1. The number of hydrogen-bond acceptors (Lipinski definition) is 4.